The lowest BCUT2D eigenvalue weighted by Gasteiger charge is -2.11. The SMILES string of the molecule is CN=C(NCc1ccc(C(=O)NC)cc1)NCc1ccco1. The Kier molecular flexibility index (Phi) is 5.59. The van der Waals surface area contributed by atoms with Gasteiger partial charge in [-0.3, -0.25) is 9.79 Å². The van der Waals surface area contributed by atoms with Crippen molar-refractivity contribution in [1.29, 1.82) is 0 Å². The molecule has 0 saturated carbocycles. The molecule has 3 N–H and O–H groups in total. The van der Waals surface area contributed by atoms with E-state index < -0.39 is 0 Å². The Morgan fingerprint density at radius 1 is 1.14 bits per heavy atom. The first-order chi connectivity index (χ1) is 10.7. The van der Waals surface area contributed by atoms with E-state index in [4.69, 9.17) is 4.42 Å². The number of hydrogen-bond acceptors (Lipinski definition) is 3. The van der Waals surface area contributed by atoms with Crippen LogP contribution in [0.1, 0.15) is 21.7 Å². The van der Waals surface area contributed by atoms with Crippen LogP contribution in [0.4, 0.5) is 0 Å². The predicted octanol–water partition coefficient (Wildman–Crippen LogP) is 1.50. The number of nitrogens with one attached hydrogen (secondary N) is 3. The fraction of sp³-hybridized carbons (Fsp3) is 0.250. The van der Waals surface area contributed by atoms with E-state index in [2.05, 4.69) is 20.9 Å². The van der Waals surface area contributed by atoms with Gasteiger partial charge in [-0.2, -0.15) is 0 Å². The number of amides is 1. The van der Waals surface area contributed by atoms with E-state index in [9.17, 15) is 4.79 Å². The molecular formula is C16H20N4O2. The minimum absolute atomic E-state index is 0.0876. The van der Waals surface area contributed by atoms with Crippen LogP contribution < -0.4 is 16.0 Å². The highest BCUT2D eigenvalue weighted by Gasteiger charge is 2.03. The summed E-state index contributed by atoms with van der Waals surface area (Å²) < 4.78 is 5.25. The van der Waals surface area contributed by atoms with E-state index in [0.29, 0.717) is 24.6 Å². The second-order valence-corrected chi connectivity index (χ2v) is 4.63. The van der Waals surface area contributed by atoms with Crippen molar-refractivity contribution in [3.63, 3.8) is 0 Å². The van der Waals surface area contributed by atoms with Crippen molar-refractivity contribution in [2.24, 2.45) is 4.99 Å². The highest BCUT2D eigenvalue weighted by atomic mass is 16.3. The topological polar surface area (TPSA) is 78.7 Å². The molecule has 0 saturated heterocycles. The summed E-state index contributed by atoms with van der Waals surface area (Å²) in [6.45, 7) is 1.19. The molecule has 2 aromatic rings. The summed E-state index contributed by atoms with van der Waals surface area (Å²) in [6, 6.07) is 11.2. The highest BCUT2D eigenvalue weighted by Crippen LogP contribution is 2.04. The van der Waals surface area contributed by atoms with Crippen LogP contribution in [0.2, 0.25) is 0 Å². The van der Waals surface area contributed by atoms with E-state index >= 15 is 0 Å². The first-order valence-corrected chi connectivity index (χ1v) is 7.01. The Labute approximate surface area is 129 Å². The number of aliphatic imine (C=N–C) groups is 1. The monoisotopic (exact) mass is 300 g/mol. The number of hydrogen-bond donors (Lipinski definition) is 3. The van der Waals surface area contributed by atoms with Crippen molar-refractivity contribution in [1.82, 2.24) is 16.0 Å². The van der Waals surface area contributed by atoms with Crippen molar-refractivity contribution in [2.45, 2.75) is 13.1 Å². The number of guanidine groups is 1. The Bertz CT molecular complexity index is 618. The van der Waals surface area contributed by atoms with Gasteiger partial charge in [0, 0.05) is 26.2 Å². The average molecular weight is 300 g/mol. The molecule has 1 aromatic carbocycles. The molecule has 1 aromatic heterocycles. The fourth-order valence-corrected chi connectivity index (χ4v) is 1.91. The van der Waals surface area contributed by atoms with Crippen LogP contribution in [0.3, 0.4) is 0 Å². The summed E-state index contributed by atoms with van der Waals surface area (Å²) in [5, 5.41) is 8.97. The molecule has 0 aliphatic carbocycles. The van der Waals surface area contributed by atoms with E-state index in [1.807, 2.05) is 24.3 Å². The third-order valence-corrected chi connectivity index (χ3v) is 3.14. The Hall–Kier alpha value is -2.76. The van der Waals surface area contributed by atoms with Gasteiger partial charge in [-0.15, -0.1) is 0 Å². The zero-order chi connectivity index (χ0) is 15.8. The quantitative estimate of drug-likeness (QED) is 0.577. The maximum absolute atomic E-state index is 11.5. The van der Waals surface area contributed by atoms with Crippen molar-refractivity contribution in [2.75, 3.05) is 14.1 Å². The molecule has 0 fully saturated rings. The molecule has 22 heavy (non-hydrogen) atoms. The Morgan fingerprint density at radius 2 is 1.86 bits per heavy atom. The van der Waals surface area contributed by atoms with Gasteiger partial charge < -0.3 is 20.4 Å². The summed E-state index contributed by atoms with van der Waals surface area (Å²) in [6.07, 6.45) is 1.64. The van der Waals surface area contributed by atoms with Crippen molar-refractivity contribution >= 4 is 11.9 Å². The maximum Gasteiger partial charge on any atom is 0.251 e. The molecule has 0 spiro atoms. The number of carbonyl (C=O) groups excluding carboxylic acids is 1. The summed E-state index contributed by atoms with van der Waals surface area (Å²) in [5.74, 6) is 1.44. The molecule has 0 radical (unpaired) electrons. The molecule has 1 heterocycles. The third-order valence-electron chi connectivity index (χ3n) is 3.14. The number of nitrogens with zero attached hydrogens (tertiary/aromatic N) is 1. The average Bonchev–Trinajstić information content (AvgIpc) is 3.08. The standard InChI is InChI=1S/C16H20N4O2/c1-17-15(21)13-7-5-12(6-8-13)10-19-16(18-2)20-11-14-4-3-9-22-14/h3-9H,10-11H2,1-2H3,(H,17,21)(H2,18,19,20). The van der Waals surface area contributed by atoms with Crippen LogP contribution >= 0.6 is 0 Å². The van der Waals surface area contributed by atoms with E-state index in [0.717, 1.165) is 11.3 Å². The fourth-order valence-electron chi connectivity index (χ4n) is 1.91. The van der Waals surface area contributed by atoms with Gasteiger partial charge in [0.15, 0.2) is 5.96 Å². The zero-order valence-corrected chi connectivity index (χ0v) is 12.7. The minimum Gasteiger partial charge on any atom is -0.467 e. The van der Waals surface area contributed by atoms with Crippen molar-refractivity contribution in [3.8, 4) is 0 Å². The molecule has 6 heteroatoms. The van der Waals surface area contributed by atoms with E-state index in [-0.39, 0.29) is 5.91 Å². The van der Waals surface area contributed by atoms with Crippen molar-refractivity contribution < 1.29 is 9.21 Å². The smallest absolute Gasteiger partial charge is 0.251 e. The first kappa shape index (κ1) is 15.6. The zero-order valence-electron chi connectivity index (χ0n) is 12.7. The van der Waals surface area contributed by atoms with Crippen LogP contribution in [0, 0.1) is 0 Å². The molecule has 0 bridgehead atoms. The molecular weight excluding hydrogens is 280 g/mol. The van der Waals surface area contributed by atoms with Gasteiger partial charge in [0.2, 0.25) is 0 Å². The number of furan rings is 1. The number of carbonyl (C=O) groups is 1. The number of benzene rings is 1. The second-order valence-electron chi connectivity index (χ2n) is 4.63. The van der Waals surface area contributed by atoms with Gasteiger partial charge in [0.25, 0.3) is 5.91 Å². The minimum atomic E-state index is -0.0876. The van der Waals surface area contributed by atoms with E-state index in [1.54, 1.807) is 32.5 Å². The lowest BCUT2D eigenvalue weighted by Crippen LogP contribution is -2.36. The molecule has 116 valence electrons. The molecule has 0 atom stereocenters. The molecule has 1 amide bonds. The molecule has 2 rings (SSSR count). The van der Waals surface area contributed by atoms with Crippen LogP contribution in [-0.2, 0) is 13.1 Å². The normalized spacial score (nSPS) is 11.1. The van der Waals surface area contributed by atoms with Gasteiger partial charge in [-0.25, -0.2) is 0 Å². The van der Waals surface area contributed by atoms with Gasteiger partial charge in [-0.05, 0) is 29.8 Å². The lowest BCUT2D eigenvalue weighted by molar-refractivity contribution is 0.0963. The first-order valence-electron chi connectivity index (χ1n) is 7.01. The van der Waals surface area contributed by atoms with Gasteiger partial charge in [0.1, 0.15) is 5.76 Å². The van der Waals surface area contributed by atoms with Crippen LogP contribution in [0.25, 0.3) is 0 Å². The van der Waals surface area contributed by atoms with Crippen LogP contribution in [0.15, 0.2) is 52.1 Å². The molecule has 0 aliphatic heterocycles. The molecule has 0 unspecified atom stereocenters. The Balaban J connectivity index is 1.84. The lowest BCUT2D eigenvalue weighted by atomic mass is 10.1. The van der Waals surface area contributed by atoms with Crippen LogP contribution in [-0.4, -0.2) is 26.0 Å². The van der Waals surface area contributed by atoms with Gasteiger partial charge >= 0.3 is 0 Å². The van der Waals surface area contributed by atoms with Gasteiger partial charge in [0.05, 0.1) is 12.8 Å². The van der Waals surface area contributed by atoms with Crippen LogP contribution in [0.5, 0.6) is 0 Å². The third kappa shape index (κ3) is 4.37. The Morgan fingerprint density at radius 3 is 2.45 bits per heavy atom. The largest absolute Gasteiger partial charge is 0.467 e. The number of rotatable bonds is 5. The maximum atomic E-state index is 11.5. The molecule has 6 nitrogen and oxygen atoms in total. The second kappa shape index (κ2) is 7.87. The predicted molar refractivity (Wildman–Crippen MR) is 85.6 cm³/mol. The van der Waals surface area contributed by atoms with Gasteiger partial charge in [-0.1, -0.05) is 12.1 Å². The molecule has 0 aliphatic rings. The summed E-state index contributed by atoms with van der Waals surface area (Å²) >= 11 is 0. The summed E-state index contributed by atoms with van der Waals surface area (Å²) in [5.41, 5.74) is 1.71. The summed E-state index contributed by atoms with van der Waals surface area (Å²) in [4.78, 5) is 15.6. The van der Waals surface area contributed by atoms with Crippen molar-refractivity contribution in [3.05, 3.63) is 59.5 Å². The van der Waals surface area contributed by atoms with E-state index in [1.165, 1.54) is 0 Å². The highest BCUT2D eigenvalue weighted by molar-refractivity contribution is 5.93. The summed E-state index contributed by atoms with van der Waals surface area (Å²) in [7, 11) is 3.33.